The number of amides is 1. The van der Waals surface area contributed by atoms with Gasteiger partial charge in [0.1, 0.15) is 5.82 Å². The molecule has 1 amide bonds. The van der Waals surface area contributed by atoms with Crippen LogP contribution < -0.4 is 10.2 Å². The number of hydrogen-bond acceptors (Lipinski definition) is 5. The minimum Gasteiger partial charge on any atom is -0.356 e. The molecule has 1 aromatic carbocycles. The van der Waals surface area contributed by atoms with Crippen LogP contribution in [0.1, 0.15) is 35.2 Å². The first kappa shape index (κ1) is 24.7. The van der Waals surface area contributed by atoms with Crippen LogP contribution in [0.15, 0.2) is 48.8 Å². The normalized spacial score (nSPS) is 15.3. The zero-order valence-electron chi connectivity index (χ0n) is 19.1. The lowest BCUT2D eigenvalue weighted by atomic mass is 10.1. The molecule has 1 aliphatic rings. The summed E-state index contributed by atoms with van der Waals surface area (Å²) < 4.78 is 29.7. The number of alkyl halides is 2. The predicted octanol–water partition coefficient (Wildman–Crippen LogP) is 5.21. The Morgan fingerprint density at radius 1 is 1.15 bits per heavy atom. The van der Waals surface area contributed by atoms with Gasteiger partial charge in [-0.3, -0.25) is 9.48 Å². The van der Waals surface area contributed by atoms with Crippen molar-refractivity contribution in [2.24, 2.45) is 7.05 Å². The maximum Gasteiger partial charge on any atom is 0.259 e. The van der Waals surface area contributed by atoms with Crippen LogP contribution in [0, 0.1) is 6.92 Å². The molecule has 0 radical (unpaired) electrons. The molecule has 9 heteroatoms. The molecule has 176 valence electrons. The number of halogens is 2. The molecule has 0 bridgehead atoms. The molecule has 6 nitrogen and oxygen atoms in total. The second-order valence-electron chi connectivity index (χ2n) is 7.94. The molecular formula is C24H29F2N5OS. The monoisotopic (exact) mass is 473 g/mol. The number of para-hydroxylation sites is 1. The highest BCUT2D eigenvalue weighted by atomic mass is 32.1. The highest BCUT2D eigenvalue weighted by Crippen LogP contribution is 2.33. The van der Waals surface area contributed by atoms with E-state index in [2.05, 4.69) is 23.0 Å². The Labute approximate surface area is 198 Å². The van der Waals surface area contributed by atoms with E-state index in [0.29, 0.717) is 35.7 Å². The van der Waals surface area contributed by atoms with Crippen molar-refractivity contribution in [1.82, 2.24) is 14.8 Å². The SMILES string of the molecule is CS.Cc1cc(-c2cnn(C)c2)nc(N2CCCC(F)(F)CC2)c1C(=O)Nc1ccccc1. The fourth-order valence-electron chi connectivity index (χ4n) is 3.86. The zero-order valence-corrected chi connectivity index (χ0v) is 19.9. The Morgan fingerprint density at radius 2 is 1.88 bits per heavy atom. The molecular weight excluding hydrogens is 444 g/mol. The number of aryl methyl sites for hydroxylation is 2. The lowest BCUT2D eigenvalue weighted by Gasteiger charge is -2.25. The largest absolute Gasteiger partial charge is 0.356 e. The predicted molar refractivity (Wildman–Crippen MR) is 131 cm³/mol. The smallest absolute Gasteiger partial charge is 0.259 e. The molecule has 3 aromatic rings. The number of nitrogens with zero attached hydrogens (tertiary/aromatic N) is 4. The summed E-state index contributed by atoms with van der Waals surface area (Å²) in [4.78, 5) is 19.8. The number of pyridine rings is 1. The summed E-state index contributed by atoms with van der Waals surface area (Å²) >= 11 is 3.53. The van der Waals surface area contributed by atoms with E-state index in [1.54, 1.807) is 29.3 Å². The molecule has 3 heterocycles. The first-order chi connectivity index (χ1) is 15.8. The van der Waals surface area contributed by atoms with Crippen molar-refractivity contribution >= 4 is 30.0 Å². The molecule has 0 unspecified atom stereocenters. The molecule has 4 rings (SSSR count). The van der Waals surface area contributed by atoms with Crippen LogP contribution in [0.4, 0.5) is 20.3 Å². The average Bonchev–Trinajstić information content (AvgIpc) is 3.15. The Bertz CT molecular complexity index is 1090. The van der Waals surface area contributed by atoms with Gasteiger partial charge in [-0.25, -0.2) is 13.8 Å². The summed E-state index contributed by atoms with van der Waals surface area (Å²) in [6, 6.07) is 11.0. The number of benzene rings is 1. The second-order valence-corrected chi connectivity index (χ2v) is 7.94. The van der Waals surface area contributed by atoms with Crippen molar-refractivity contribution in [2.75, 3.05) is 29.6 Å². The van der Waals surface area contributed by atoms with Crippen LogP contribution in [-0.4, -0.2) is 45.9 Å². The standard InChI is InChI=1S/C23H25F2N5O.CH4S/c1-16-13-19(17-14-26-29(2)15-17)28-21(30-11-6-9-23(24,25)10-12-30)20(16)22(31)27-18-7-4-3-5-8-18;1-2/h3-5,7-8,13-15H,6,9-12H2,1-2H3,(H,27,31);2H,1H3. The van der Waals surface area contributed by atoms with Crippen molar-refractivity contribution in [3.05, 3.63) is 59.9 Å². The van der Waals surface area contributed by atoms with Crippen LogP contribution in [0.2, 0.25) is 0 Å². The van der Waals surface area contributed by atoms with Gasteiger partial charge in [0, 0.05) is 50.4 Å². The van der Waals surface area contributed by atoms with Crippen molar-refractivity contribution < 1.29 is 13.6 Å². The van der Waals surface area contributed by atoms with E-state index in [1.807, 2.05) is 49.3 Å². The van der Waals surface area contributed by atoms with Crippen LogP contribution in [-0.2, 0) is 7.05 Å². The third kappa shape index (κ3) is 6.10. The van der Waals surface area contributed by atoms with Gasteiger partial charge < -0.3 is 10.2 Å². The molecule has 0 saturated carbocycles. The number of rotatable bonds is 4. The van der Waals surface area contributed by atoms with Gasteiger partial charge in [-0.2, -0.15) is 17.7 Å². The second kappa shape index (κ2) is 10.8. The van der Waals surface area contributed by atoms with Crippen molar-refractivity contribution in [1.29, 1.82) is 0 Å². The number of nitrogens with one attached hydrogen (secondary N) is 1. The molecule has 0 aliphatic carbocycles. The van der Waals surface area contributed by atoms with Gasteiger partial charge >= 0.3 is 0 Å². The fraction of sp³-hybridized carbons (Fsp3) is 0.375. The summed E-state index contributed by atoms with van der Waals surface area (Å²) in [6.45, 7) is 2.41. The summed E-state index contributed by atoms with van der Waals surface area (Å²) in [6.07, 6.45) is 5.16. The maximum atomic E-state index is 14.0. The van der Waals surface area contributed by atoms with E-state index in [1.165, 1.54) is 0 Å². The van der Waals surface area contributed by atoms with E-state index in [0.717, 1.165) is 11.1 Å². The molecule has 2 aromatic heterocycles. The molecule has 1 aliphatic heterocycles. The Kier molecular flexibility index (Phi) is 8.07. The highest BCUT2D eigenvalue weighted by molar-refractivity contribution is 7.79. The molecule has 1 fully saturated rings. The zero-order chi connectivity index (χ0) is 24.0. The van der Waals surface area contributed by atoms with E-state index >= 15 is 0 Å². The Morgan fingerprint density at radius 3 is 2.55 bits per heavy atom. The molecule has 1 saturated heterocycles. The summed E-state index contributed by atoms with van der Waals surface area (Å²) in [5.74, 6) is -2.57. The van der Waals surface area contributed by atoms with Gasteiger partial charge in [-0.15, -0.1) is 0 Å². The minimum absolute atomic E-state index is 0.140. The van der Waals surface area contributed by atoms with E-state index in [9.17, 15) is 13.6 Å². The molecule has 33 heavy (non-hydrogen) atoms. The van der Waals surface area contributed by atoms with Gasteiger partial charge in [0.05, 0.1) is 17.5 Å². The lowest BCUT2D eigenvalue weighted by molar-refractivity contribution is -0.0102. The Balaban J connectivity index is 0.00000149. The Hall–Kier alpha value is -2.94. The highest BCUT2D eigenvalue weighted by Gasteiger charge is 2.33. The van der Waals surface area contributed by atoms with Crippen LogP contribution in [0.5, 0.6) is 0 Å². The fourth-order valence-corrected chi connectivity index (χ4v) is 3.86. The summed E-state index contributed by atoms with van der Waals surface area (Å²) in [7, 11) is 1.82. The van der Waals surface area contributed by atoms with Crippen LogP contribution in [0.25, 0.3) is 11.3 Å². The number of anilines is 2. The van der Waals surface area contributed by atoms with Gasteiger partial charge in [0.25, 0.3) is 5.91 Å². The van der Waals surface area contributed by atoms with Gasteiger partial charge in [0.15, 0.2) is 0 Å². The molecule has 0 atom stereocenters. The third-order valence-electron chi connectivity index (χ3n) is 5.47. The van der Waals surface area contributed by atoms with E-state index in [-0.39, 0.29) is 25.3 Å². The van der Waals surface area contributed by atoms with E-state index < -0.39 is 5.92 Å². The minimum atomic E-state index is -2.70. The number of aromatic nitrogens is 3. The average molecular weight is 474 g/mol. The van der Waals surface area contributed by atoms with Crippen molar-refractivity contribution in [2.45, 2.75) is 32.1 Å². The summed E-state index contributed by atoms with van der Waals surface area (Å²) in [5.41, 5.74) is 3.27. The quantitative estimate of drug-likeness (QED) is 0.511. The van der Waals surface area contributed by atoms with Crippen LogP contribution in [0.3, 0.4) is 0 Å². The van der Waals surface area contributed by atoms with Crippen molar-refractivity contribution in [3.63, 3.8) is 0 Å². The van der Waals surface area contributed by atoms with Gasteiger partial charge in [-0.05, 0) is 43.4 Å². The maximum absolute atomic E-state index is 14.0. The molecule has 0 spiro atoms. The van der Waals surface area contributed by atoms with Gasteiger partial charge in [-0.1, -0.05) is 18.2 Å². The summed E-state index contributed by atoms with van der Waals surface area (Å²) in [5, 5.41) is 7.10. The van der Waals surface area contributed by atoms with Gasteiger partial charge in [0.2, 0.25) is 5.92 Å². The van der Waals surface area contributed by atoms with E-state index in [4.69, 9.17) is 4.98 Å². The first-order valence-corrected chi connectivity index (χ1v) is 11.7. The topological polar surface area (TPSA) is 63.1 Å². The molecule has 1 N–H and O–H groups in total. The van der Waals surface area contributed by atoms with Crippen LogP contribution >= 0.6 is 12.6 Å². The number of thiol groups is 1. The number of hydrogen-bond donors (Lipinski definition) is 2. The lowest BCUT2D eigenvalue weighted by Crippen LogP contribution is -2.30. The third-order valence-corrected chi connectivity index (χ3v) is 5.47. The number of carbonyl (C=O) groups is 1. The van der Waals surface area contributed by atoms with Crippen molar-refractivity contribution in [3.8, 4) is 11.3 Å². The first-order valence-electron chi connectivity index (χ1n) is 10.8. The number of carbonyl (C=O) groups excluding carboxylic acids is 1.